The third-order valence-corrected chi connectivity index (χ3v) is 2.66. The van der Waals surface area contributed by atoms with Crippen molar-refractivity contribution < 1.29 is 36.6 Å². The van der Waals surface area contributed by atoms with Gasteiger partial charge in [0.1, 0.15) is 17.3 Å². The van der Waals surface area contributed by atoms with Gasteiger partial charge in [-0.3, -0.25) is 4.79 Å². The van der Waals surface area contributed by atoms with Crippen LogP contribution in [0, 0.1) is 11.6 Å². The Hall–Kier alpha value is -2.71. The number of rotatable bonds is 4. The number of halogens is 5. The van der Waals surface area contributed by atoms with Crippen LogP contribution >= 0.6 is 0 Å². The van der Waals surface area contributed by atoms with Gasteiger partial charge in [-0.2, -0.15) is 0 Å². The number of pyridine rings is 1. The highest BCUT2D eigenvalue weighted by Gasteiger charge is 2.31. The first-order chi connectivity index (χ1) is 10.7. The van der Waals surface area contributed by atoms with Gasteiger partial charge in [-0.15, -0.1) is 13.2 Å². The molecule has 0 atom stereocenters. The van der Waals surface area contributed by atoms with Gasteiger partial charge in [0, 0.05) is 11.6 Å². The molecular formula is C14H8F5NO3. The minimum Gasteiger partial charge on any atom is -0.481 e. The van der Waals surface area contributed by atoms with Gasteiger partial charge in [0.05, 0.1) is 12.1 Å². The molecule has 0 radical (unpaired) electrons. The van der Waals surface area contributed by atoms with Crippen molar-refractivity contribution in [2.45, 2.75) is 12.8 Å². The Morgan fingerprint density at radius 1 is 1.17 bits per heavy atom. The molecule has 4 nitrogen and oxygen atoms in total. The van der Waals surface area contributed by atoms with E-state index in [1.807, 2.05) is 0 Å². The molecule has 1 aromatic carbocycles. The van der Waals surface area contributed by atoms with Gasteiger partial charge in [-0.1, -0.05) is 12.1 Å². The molecule has 0 aliphatic heterocycles. The summed E-state index contributed by atoms with van der Waals surface area (Å²) < 4.78 is 67.5. The van der Waals surface area contributed by atoms with Gasteiger partial charge in [0.15, 0.2) is 5.82 Å². The summed E-state index contributed by atoms with van der Waals surface area (Å²) in [6, 6.07) is 4.69. The topological polar surface area (TPSA) is 59.4 Å². The van der Waals surface area contributed by atoms with E-state index in [2.05, 4.69) is 9.72 Å². The minimum atomic E-state index is -4.93. The zero-order chi connectivity index (χ0) is 17.2. The summed E-state index contributed by atoms with van der Waals surface area (Å²) in [6.45, 7) is 0. The molecule has 0 saturated heterocycles. The zero-order valence-corrected chi connectivity index (χ0v) is 11.2. The quantitative estimate of drug-likeness (QED) is 0.870. The number of ether oxygens (including phenoxy) is 1. The number of aliphatic carboxylic acids is 1. The molecule has 0 aliphatic rings. The lowest BCUT2D eigenvalue weighted by Crippen LogP contribution is -2.17. The van der Waals surface area contributed by atoms with E-state index in [0.717, 1.165) is 18.2 Å². The van der Waals surface area contributed by atoms with Crippen LogP contribution in [-0.4, -0.2) is 22.4 Å². The summed E-state index contributed by atoms with van der Waals surface area (Å²) in [5.74, 6) is -4.29. The lowest BCUT2D eigenvalue weighted by molar-refractivity contribution is -0.274. The number of hydrogen-bond acceptors (Lipinski definition) is 3. The SMILES string of the molecule is O=C(O)Cc1nc(-c2cccc(OC(F)(F)F)c2)c(F)cc1F. The van der Waals surface area contributed by atoms with E-state index in [1.165, 1.54) is 6.07 Å². The van der Waals surface area contributed by atoms with Gasteiger partial charge in [0.25, 0.3) is 0 Å². The predicted molar refractivity (Wildman–Crippen MR) is 67.6 cm³/mol. The van der Waals surface area contributed by atoms with Crippen molar-refractivity contribution in [1.82, 2.24) is 4.98 Å². The van der Waals surface area contributed by atoms with E-state index in [9.17, 15) is 26.7 Å². The monoisotopic (exact) mass is 333 g/mol. The summed E-state index contributed by atoms with van der Waals surface area (Å²) in [5.41, 5.74) is -1.12. The molecule has 0 saturated carbocycles. The van der Waals surface area contributed by atoms with E-state index in [4.69, 9.17) is 5.11 Å². The van der Waals surface area contributed by atoms with Crippen molar-refractivity contribution in [3.8, 4) is 17.0 Å². The molecular weight excluding hydrogens is 325 g/mol. The molecule has 0 bridgehead atoms. The predicted octanol–water partition coefficient (Wildman–Crippen LogP) is 3.55. The van der Waals surface area contributed by atoms with E-state index in [0.29, 0.717) is 6.07 Å². The molecule has 9 heteroatoms. The molecule has 0 spiro atoms. The normalized spacial score (nSPS) is 11.3. The molecule has 2 rings (SSSR count). The van der Waals surface area contributed by atoms with Gasteiger partial charge >= 0.3 is 12.3 Å². The Balaban J connectivity index is 2.45. The lowest BCUT2D eigenvalue weighted by Gasteiger charge is -2.11. The maximum atomic E-state index is 13.8. The fourth-order valence-corrected chi connectivity index (χ4v) is 1.81. The molecule has 0 fully saturated rings. The maximum absolute atomic E-state index is 13.8. The third-order valence-electron chi connectivity index (χ3n) is 2.66. The number of alkyl halides is 3. The Labute approximate surface area is 126 Å². The number of carbonyl (C=O) groups is 1. The Morgan fingerprint density at radius 3 is 2.48 bits per heavy atom. The fourth-order valence-electron chi connectivity index (χ4n) is 1.81. The molecule has 122 valence electrons. The van der Waals surface area contributed by atoms with Crippen molar-refractivity contribution in [3.63, 3.8) is 0 Å². The first kappa shape index (κ1) is 16.7. The molecule has 0 unspecified atom stereocenters. The van der Waals surface area contributed by atoms with Crippen LogP contribution in [-0.2, 0) is 11.2 Å². The lowest BCUT2D eigenvalue weighted by atomic mass is 10.1. The van der Waals surface area contributed by atoms with Gasteiger partial charge in [0.2, 0.25) is 0 Å². The number of aromatic nitrogens is 1. The fraction of sp³-hybridized carbons (Fsp3) is 0.143. The highest BCUT2D eigenvalue weighted by atomic mass is 19.4. The number of carboxylic acids is 1. The molecule has 2 aromatic rings. The summed E-state index contributed by atoms with van der Waals surface area (Å²) in [7, 11) is 0. The van der Waals surface area contributed by atoms with E-state index >= 15 is 0 Å². The molecule has 0 aliphatic carbocycles. The standard InChI is InChI=1S/C14H8F5NO3/c15-9-5-10(16)13(20-11(9)6-12(21)22)7-2-1-3-8(4-7)23-14(17,18)19/h1-5H,6H2,(H,21,22). The molecule has 0 amide bonds. The van der Waals surface area contributed by atoms with Crippen LogP contribution in [0.4, 0.5) is 22.0 Å². The smallest absolute Gasteiger partial charge is 0.481 e. The van der Waals surface area contributed by atoms with Crippen molar-refractivity contribution in [2.75, 3.05) is 0 Å². The summed E-state index contributed by atoms with van der Waals surface area (Å²) >= 11 is 0. The summed E-state index contributed by atoms with van der Waals surface area (Å²) in [5, 5.41) is 8.65. The number of carboxylic acid groups (broad SMARTS) is 1. The highest BCUT2D eigenvalue weighted by molar-refractivity contribution is 5.70. The van der Waals surface area contributed by atoms with Gasteiger partial charge in [-0.25, -0.2) is 13.8 Å². The average Bonchev–Trinajstić information content (AvgIpc) is 2.39. The number of hydrogen-bond donors (Lipinski definition) is 1. The van der Waals surface area contributed by atoms with Crippen LogP contribution in [0.2, 0.25) is 0 Å². The van der Waals surface area contributed by atoms with Crippen LogP contribution in [0.3, 0.4) is 0 Å². The van der Waals surface area contributed by atoms with E-state index in [1.54, 1.807) is 0 Å². The van der Waals surface area contributed by atoms with Crippen LogP contribution in [0.15, 0.2) is 30.3 Å². The van der Waals surface area contributed by atoms with Crippen LogP contribution in [0.5, 0.6) is 5.75 Å². The first-order valence-electron chi connectivity index (χ1n) is 6.08. The Bertz CT molecular complexity index is 746. The number of benzene rings is 1. The number of nitrogens with zero attached hydrogens (tertiary/aromatic N) is 1. The first-order valence-corrected chi connectivity index (χ1v) is 6.08. The molecule has 23 heavy (non-hydrogen) atoms. The zero-order valence-electron chi connectivity index (χ0n) is 11.2. The van der Waals surface area contributed by atoms with Crippen LogP contribution in [0.1, 0.15) is 5.69 Å². The van der Waals surface area contributed by atoms with E-state index < -0.39 is 47.5 Å². The van der Waals surface area contributed by atoms with Crippen molar-refractivity contribution in [3.05, 3.63) is 47.7 Å². The second-order valence-corrected chi connectivity index (χ2v) is 4.39. The maximum Gasteiger partial charge on any atom is 0.573 e. The minimum absolute atomic E-state index is 0.115. The average molecular weight is 333 g/mol. The van der Waals surface area contributed by atoms with E-state index in [-0.39, 0.29) is 5.56 Å². The van der Waals surface area contributed by atoms with Crippen molar-refractivity contribution in [1.29, 1.82) is 0 Å². The third kappa shape index (κ3) is 4.38. The van der Waals surface area contributed by atoms with Crippen LogP contribution < -0.4 is 4.74 Å². The van der Waals surface area contributed by atoms with Gasteiger partial charge in [-0.05, 0) is 12.1 Å². The van der Waals surface area contributed by atoms with Crippen LogP contribution in [0.25, 0.3) is 11.3 Å². The summed E-state index contributed by atoms with van der Waals surface area (Å²) in [6.07, 6.45) is -5.72. The second kappa shape index (κ2) is 6.19. The second-order valence-electron chi connectivity index (χ2n) is 4.39. The summed E-state index contributed by atoms with van der Waals surface area (Å²) in [4.78, 5) is 14.2. The Morgan fingerprint density at radius 2 is 1.87 bits per heavy atom. The Kier molecular flexibility index (Phi) is 4.48. The molecule has 1 aromatic heterocycles. The van der Waals surface area contributed by atoms with Crippen molar-refractivity contribution >= 4 is 5.97 Å². The largest absolute Gasteiger partial charge is 0.573 e. The molecule has 1 heterocycles. The van der Waals surface area contributed by atoms with Crippen molar-refractivity contribution in [2.24, 2.45) is 0 Å². The molecule has 1 N–H and O–H groups in total. The highest BCUT2D eigenvalue weighted by Crippen LogP contribution is 2.29. The van der Waals surface area contributed by atoms with Gasteiger partial charge < -0.3 is 9.84 Å².